The van der Waals surface area contributed by atoms with Crippen molar-refractivity contribution >= 4 is 33.0 Å². The number of rotatable bonds is 3. The number of aryl methyl sites for hydroxylation is 1. The summed E-state index contributed by atoms with van der Waals surface area (Å²) >= 11 is 5.94. The third-order valence-electron chi connectivity index (χ3n) is 2.82. The van der Waals surface area contributed by atoms with Crippen LogP contribution in [0.1, 0.15) is 5.56 Å². The van der Waals surface area contributed by atoms with Gasteiger partial charge in [0.05, 0.1) is 10.7 Å². The highest BCUT2D eigenvalue weighted by molar-refractivity contribution is 7.92. The molecule has 21 heavy (non-hydrogen) atoms. The highest BCUT2D eigenvalue weighted by atomic mass is 35.5. The first kappa shape index (κ1) is 15.5. The van der Waals surface area contributed by atoms with Gasteiger partial charge < -0.3 is 5.73 Å². The Balaban J connectivity index is 2.48. The number of benzene rings is 2. The average molecular weight is 333 g/mol. The quantitative estimate of drug-likeness (QED) is 0.847. The van der Waals surface area contributed by atoms with Gasteiger partial charge in [-0.05, 0) is 30.7 Å². The summed E-state index contributed by atoms with van der Waals surface area (Å²) in [4.78, 5) is -0.202. The topological polar surface area (TPSA) is 72.2 Å². The standard InChI is InChI=1S/C13H11ClF2N2O2S/c1-7-3-2-4-10(11(7)14)21(19,20)18-9-6-5-8(15)13(17)12(9)16/h2-6,18H,17H2,1H3. The van der Waals surface area contributed by atoms with Gasteiger partial charge in [0.15, 0.2) is 5.82 Å². The molecular weight excluding hydrogens is 322 g/mol. The molecule has 0 fully saturated rings. The molecule has 0 saturated heterocycles. The molecule has 0 radical (unpaired) electrons. The Morgan fingerprint density at radius 3 is 2.52 bits per heavy atom. The molecule has 0 heterocycles. The van der Waals surface area contributed by atoms with Gasteiger partial charge in [-0.25, -0.2) is 17.2 Å². The zero-order chi connectivity index (χ0) is 15.8. The van der Waals surface area contributed by atoms with E-state index >= 15 is 0 Å². The summed E-state index contributed by atoms with van der Waals surface area (Å²) < 4.78 is 53.3. The summed E-state index contributed by atoms with van der Waals surface area (Å²) in [5.74, 6) is -2.15. The highest BCUT2D eigenvalue weighted by Gasteiger charge is 2.21. The van der Waals surface area contributed by atoms with Crippen molar-refractivity contribution in [3.63, 3.8) is 0 Å². The predicted molar refractivity (Wildman–Crippen MR) is 77.8 cm³/mol. The van der Waals surface area contributed by atoms with Crippen LogP contribution in [0.4, 0.5) is 20.2 Å². The van der Waals surface area contributed by atoms with E-state index in [1.165, 1.54) is 12.1 Å². The van der Waals surface area contributed by atoms with Crippen LogP contribution in [-0.4, -0.2) is 8.42 Å². The molecule has 2 aromatic carbocycles. The normalized spacial score (nSPS) is 11.4. The lowest BCUT2D eigenvalue weighted by Gasteiger charge is -2.12. The molecule has 4 nitrogen and oxygen atoms in total. The van der Waals surface area contributed by atoms with Gasteiger partial charge in [-0.3, -0.25) is 4.72 Å². The van der Waals surface area contributed by atoms with Gasteiger partial charge in [-0.2, -0.15) is 0 Å². The first-order chi connectivity index (χ1) is 9.74. The van der Waals surface area contributed by atoms with E-state index in [4.69, 9.17) is 17.3 Å². The molecule has 0 amide bonds. The first-order valence-electron chi connectivity index (χ1n) is 5.75. The summed E-state index contributed by atoms with van der Waals surface area (Å²) in [6.45, 7) is 1.64. The minimum absolute atomic E-state index is 0.0282. The van der Waals surface area contributed by atoms with E-state index in [0.717, 1.165) is 12.1 Å². The Bertz CT molecular complexity index is 810. The number of hydrogen-bond donors (Lipinski definition) is 2. The second-order valence-corrected chi connectivity index (χ2v) is 6.34. The smallest absolute Gasteiger partial charge is 0.263 e. The molecule has 0 atom stereocenters. The minimum Gasteiger partial charge on any atom is -0.394 e. The van der Waals surface area contributed by atoms with Crippen molar-refractivity contribution in [2.24, 2.45) is 0 Å². The van der Waals surface area contributed by atoms with Crippen molar-refractivity contribution in [3.05, 3.63) is 52.6 Å². The predicted octanol–water partition coefficient (Wildman–Crippen LogP) is 3.31. The zero-order valence-electron chi connectivity index (χ0n) is 10.8. The molecule has 0 aliphatic rings. The van der Waals surface area contributed by atoms with Gasteiger partial charge in [0.2, 0.25) is 0 Å². The van der Waals surface area contributed by atoms with Crippen LogP contribution in [-0.2, 0) is 10.0 Å². The zero-order valence-corrected chi connectivity index (χ0v) is 12.4. The molecule has 3 N–H and O–H groups in total. The average Bonchev–Trinajstić information content (AvgIpc) is 2.42. The maximum atomic E-state index is 13.8. The van der Waals surface area contributed by atoms with Crippen molar-refractivity contribution in [3.8, 4) is 0 Å². The van der Waals surface area contributed by atoms with Crippen LogP contribution in [0.15, 0.2) is 35.2 Å². The van der Waals surface area contributed by atoms with Gasteiger partial charge in [0.1, 0.15) is 16.4 Å². The van der Waals surface area contributed by atoms with E-state index in [-0.39, 0.29) is 9.92 Å². The molecule has 0 bridgehead atoms. The van der Waals surface area contributed by atoms with Crippen molar-refractivity contribution in [2.75, 3.05) is 10.5 Å². The van der Waals surface area contributed by atoms with Crippen LogP contribution in [0.3, 0.4) is 0 Å². The van der Waals surface area contributed by atoms with E-state index < -0.39 is 33.0 Å². The number of hydrogen-bond acceptors (Lipinski definition) is 3. The molecule has 0 aliphatic heterocycles. The van der Waals surface area contributed by atoms with Crippen molar-refractivity contribution < 1.29 is 17.2 Å². The van der Waals surface area contributed by atoms with E-state index in [2.05, 4.69) is 0 Å². The summed E-state index contributed by atoms with van der Waals surface area (Å²) in [5.41, 5.74) is 4.53. The molecule has 8 heteroatoms. The van der Waals surface area contributed by atoms with E-state index in [0.29, 0.717) is 5.56 Å². The van der Waals surface area contributed by atoms with Crippen molar-refractivity contribution in [1.82, 2.24) is 0 Å². The van der Waals surface area contributed by atoms with Gasteiger partial charge in [-0.1, -0.05) is 23.7 Å². The molecule has 0 unspecified atom stereocenters. The van der Waals surface area contributed by atoms with Gasteiger partial charge in [0, 0.05) is 0 Å². The lowest BCUT2D eigenvalue weighted by atomic mass is 10.2. The fraction of sp³-hybridized carbons (Fsp3) is 0.0769. The summed E-state index contributed by atoms with van der Waals surface area (Å²) in [6.07, 6.45) is 0. The Hall–Kier alpha value is -1.86. The number of sulfonamides is 1. The van der Waals surface area contributed by atoms with Gasteiger partial charge >= 0.3 is 0 Å². The molecular formula is C13H11ClF2N2O2S. The summed E-state index contributed by atoms with van der Waals surface area (Å²) in [6, 6.07) is 6.24. The lowest BCUT2D eigenvalue weighted by Crippen LogP contribution is -2.15. The summed E-state index contributed by atoms with van der Waals surface area (Å²) in [7, 11) is -4.12. The summed E-state index contributed by atoms with van der Waals surface area (Å²) in [5, 5.41) is 0.0282. The SMILES string of the molecule is Cc1cccc(S(=O)(=O)Nc2ccc(F)c(N)c2F)c1Cl. The first-order valence-corrected chi connectivity index (χ1v) is 7.61. The van der Waals surface area contributed by atoms with Crippen LogP contribution < -0.4 is 10.5 Å². The Morgan fingerprint density at radius 1 is 1.19 bits per heavy atom. The Morgan fingerprint density at radius 2 is 1.86 bits per heavy atom. The maximum Gasteiger partial charge on any atom is 0.263 e. The van der Waals surface area contributed by atoms with Gasteiger partial charge in [-0.15, -0.1) is 0 Å². The monoisotopic (exact) mass is 332 g/mol. The second kappa shape index (κ2) is 5.50. The molecule has 0 spiro atoms. The fourth-order valence-corrected chi connectivity index (χ4v) is 3.32. The van der Waals surface area contributed by atoms with Gasteiger partial charge in [0.25, 0.3) is 10.0 Å². The number of nitrogens with two attached hydrogens (primary N) is 1. The number of nitrogens with one attached hydrogen (secondary N) is 1. The molecule has 0 saturated carbocycles. The highest BCUT2D eigenvalue weighted by Crippen LogP contribution is 2.29. The molecule has 2 aromatic rings. The third-order valence-corrected chi connectivity index (χ3v) is 4.84. The largest absolute Gasteiger partial charge is 0.394 e. The van der Waals surface area contributed by atoms with Crippen LogP contribution in [0.2, 0.25) is 5.02 Å². The second-order valence-electron chi connectivity index (χ2n) is 4.32. The minimum atomic E-state index is -4.12. The van der Waals surface area contributed by atoms with E-state index in [1.54, 1.807) is 13.0 Å². The molecule has 0 aromatic heterocycles. The number of nitrogen functional groups attached to an aromatic ring is 1. The Labute approximate surface area is 125 Å². The maximum absolute atomic E-state index is 13.8. The lowest BCUT2D eigenvalue weighted by molar-refractivity contribution is 0.589. The van der Waals surface area contributed by atoms with Crippen LogP contribution in [0, 0.1) is 18.6 Å². The van der Waals surface area contributed by atoms with Crippen LogP contribution in [0.25, 0.3) is 0 Å². The molecule has 0 aliphatic carbocycles. The molecule has 2 rings (SSSR count). The molecule has 112 valence electrons. The Kier molecular flexibility index (Phi) is 4.06. The van der Waals surface area contributed by atoms with Crippen molar-refractivity contribution in [2.45, 2.75) is 11.8 Å². The third kappa shape index (κ3) is 2.93. The fourth-order valence-electron chi connectivity index (χ4n) is 1.68. The van der Waals surface area contributed by atoms with Crippen molar-refractivity contribution in [1.29, 1.82) is 0 Å². The van der Waals surface area contributed by atoms with Crippen LogP contribution >= 0.6 is 11.6 Å². The number of halogens is 3. The number of anilines is 2. The van der Waals surface area contributed by atoms with E-state index in [9.17, 15) is 17.2 Å². The van der Waals surface area contributed by atoms with E-state index in [1.807, 2.05) is 4.72 Å². The van der Waals surface area contributed by atoms with Crippen LogP contribution in [0.5, 0.6) is 0 Å².